The molecular weight excluding hydrogens is 448 g/mol. The maximum Gasteiger partial charge on any atom is 0.241 e. The Hall–Kier alpha value is -3.11. The SMILES string of the molecule is Cc1ccc(N2C[C@@H](c3nnc(NC(=O)CS(=O)(=O)c4ccc(C)cc4)s3)CC2=O)cc1. The molecule has 0 spiro atoms. The quantitative estimate of drug-likeness (QED) is 0.593. The lowest BCUT2D eigenvalue weighted by Gasteiger charge is -2.16. The fraction of sp³-hybridized carbons (Fsp3) is 0.273. The highest BCUT2D eigenvalue weighted by molar-refractivity contribution is 7.92. The number of rotatable bonds is 6. The van der Waals surface area contributed by atoms with E-state index in [1.807, 2.05) is 38.1 Å². The molecular formula is C22H22N4O4S2. The van der Waals surface area contributed by atoms with Crippen LogP contribution in [0.1, 0.15) is 28.5 Å². The van der Waals surface area contributed by atoms with Crippen molar-refractivity contribution < 1.29 is 18.0 Å². The monoisotopic (exact) mass is 470 g/mol. The van der Waals surface area contributed by atoms with E-state index in [2.05, 4.69) is 15.5 Å². The van der Waals surface area contributed by atoms with Gasteiger partial charge in [0.05, 0.1) is 4.90 Å². The second-order valence-corrected chi connectivity index (χ2v) is 10.8. The maximum atomic E-state index is 12.5. The van der Waals surface area contributed by atoms with Crippen molar-refractivity contribution in [2.24, 2.45) is 0 Å². The Bertz CT molecular complexity index is 1250. The number of benzene rings is 2. The van der Waals surface area contributed by atoms with Crippen LogP contribution in [-0.4, -0.2) is 42.7 Å². The van der Waals surface area contributed by atoms with Gasteiger partial charge in [-0.25, -0.2) is 8.42 Å². The van der Waals surface area contributed by atoms with Crippen LogP contribution < -0.4 is 10.2 Å². The van der Waals surface area contributed by atoms with Crippen LogP contribution in [0.4, 0.5) is 10.8 Å². The average Bonchev–Trinajstić information content (AvgIpc) is 3.35. The molecule has 1 saturated heterocycles. The van der Waals surface area contributed by atoms with Crippen molar-refractivity contribution in [3.8, 4) is 0 Å². The maximum absolute atomic E-state index is 12.5. The van der Waals surface area contributed by atoms with Crippen molar-refractivity contribution in [3.05, 3.63) is 64.7 Å². The van der Waals surface area contributed by atoms with E-state index in [0.717, 1.165) is 28.2 Å². The summed E-state index contributed by atoms with van der Waals surface area (Å²) in [6.45, 7) is 4.32. The summed E-state index contributed by atoms with van der Waals surface area (Å²) >= 11 is 1.16. The molecule has 2 aromatic carbocycles. The van der Waals surface area contributed by atoms with E-state index in [9.17, 15) is 18.0 Å². The van der Waals surface area contributed by atoms with Gasteiger partial charge in [0.25, 0.3) is 0 Å². The summed E-state index contributed by atoms with van der Waals surface area (Å²) in [7, 11) is -3.76. The van der Waals surface area contributed by atoms with E-state index in [1.165, 1.54) is 12.1 Å². The number of aryl methyl sites for hydroxylation is 2. The number of anilines is 2. The van der Waals surface area contributed by atoms with Gasteiger partial charge < -0.3 is 4.90 Å². The van der Waals surface area contributed by atoms with Gasteiger partial charge in [0.15, 0.2) is 9.84 Å². The van der Waals surface area contributed by atoms with Crippen molar-refractivity contribution >= 4 is 43.8 Å². The van der Waals surface area contributed by atoms with Crippen LogP contribution in [0.15, 0.2) is 53.4 Å². The lowest BCUT2D eigenvalue weighted by molar-refractivity contribution is -0.117. The highest BCUT2D eigenvalue weighted by atomic mass is 32.2. The number of carbonyl (C=O) groups is 2. The zero-order valence-electron chi connectivity index (χ0n) is 17.6. The predicted octanol–water partition coefficient (Wildman–Crippen LogP) is 3.09. The number of nitrogens with zero attached hydrogens (tertiary/aromatic N) is 3. The van der Waals surface area contributed by atoms with E-state index in [1.54, 1.807) is 17.0 Å². The Kier molecular flexibility index (Phi) is 6.07. The van der Waals surface area contributed by atoms with E-state index in [-0.39, 0.29) is 21.9 Å². The molecule has 8 nitrogen and oxygen atoms in total. The molecule has 0 saturated carbocycles. The predicted molar refractivity (Wildman–Crippen MR) is 123 cm³/mol. The number of amides is 2. The molecule has 1 N–H and O–H groups in total. The highest BCUT2D eigenvalue weighted by Crippen LogP contribution is 2.34. The van der Waals surface area contributed by atoms with E-state index in [0.29, 0.717) is 18.0 Å². The smallest absolute Gasteiger partial charge is 0.241 e. The molecule has 32 heavy (non-hydrogen) atoms. The minimum Gasteiger partial charge on any atom is -0.312 e. The molecule has 1 aliphatic heterocycles. The molecule has 0 bridgehead atoms. The molecule has 2 heterocycles. The molecule has 10 heteroatoms. The Morgan fingerprint density at radius 1 is 1.06 bits per heavy atom. The van der Waals surface area contributed by atoms with E-state index < -0.39 is 21.5 Å². The van der Waals surface area contributed by atoms with Crippen LogP contribution in [0.3, 0.4) is 0 Å². The third kappa shape index (κ3) is 4.86. The van der Waals surface area contributed by atoms with E-state index in [4.69, 9.17) is 0 Å². The van der Waals surface area contributed by atoms with Crippen LogP contribution in [0.5, 0.6) is 0 Å². The number of nitrogens with one attached hydrogen (secondary N) is 1. The molecule has 1 aromatic heterocycles. The Morgan fingerprint density at radius 2 is 1.69 bits per heavy atom. The summed E-state index contributed by atoms with van der Waals surface area (Å²) in [5.74, 6) is -1.50. The standard InChI is InChI=1S/C22H22N4O4S2/c1-14-3-7-17(8-4-14)26-12-16(11-20(26)28)21-24-25-22(31-21)23-19(27)13-32(29,30)18-9-5-15(2)6-10-18/h3-10,16H,11-13H2,1-2H3,(H,23,25,27)/t16-/m0/s1. The zero-order chi connectivity index (χ0) is 22.9. The molecule has 166 valence electrons. The first kappa shape index (κ1) is 22.1. The molecule has 1 aliphatic rings. The third-order valence-corrected chi connectivity index (χ3v) is 7.84. The van der Waals surface area contributed by atoms with Crippen LogP contribution in [0.25, 0.3) is 0 Å². The Labute approximate surface area is 190 Å². The second-order valence-electron chi connectivity index (χ2n) is 7.81. The highest BCUT2D eigenvalue weighted by Gasteiger charge is 2.34. The van der Waals surface area contributed by atoms with Gasteiger partial charge in [-0.3, -0.25) is 14.9 Å². The van der Waals surface area contributed by atoms with Crippen molar-refractivity contribution in [3.63, 3.8) is 0 Å². The van der Waals surface area contributed by atoms with Gasteiger partial charge in [-0.1, -0.05) is 46.7 Å². The third-order valence-electron chi connectivity index (χ3n) is 5.21. The molecule has 2 amide bonds. The first-order valence-corrected chi connectivity index (χ1v) is 12.5. The summed E-state index contributed by atoms with van der Waals surface area (Å²) < 4.78 is 24.9. The molecule has 3 aromatic rings. The van der Waals surface area contributed by atoms with Crippen molar-refractivity contribution in [1.82, 2.24) is 10.2 Å². The minimum absolute atomic E-state index is 0.00355. The summed E-state index contributed by atoms with van der Waals surface area (Å²) in [4.78, 5) is 26.6. The summed E-state index contributed by atoms with van der Waals surface area (Å²) in [5.41, 5.74) is 2.88. The van der Waals surface area contributed by atoms with Crippen LogP contribution in [0.2, 0.25) is 0 Å². The average molecular weight is 471 g/mol. The summed E-state index contributed by atoms with van der Waals surface area (Å²) in [6.07, 6.45) is 0.304. The van der Waals surface area contributed by atoms with Crippen molar-refractivity contribution in [2.75, 3.05) is 22.5 Å². The van der Waals surface area contributed by atoms with Gasteiger partial charge in [-0.05, 0) is 38.1 Å². The molecule has 0 aliphatic carbocycles. The van der Waals surface area contributed by atoms with Gasteiger partial charge in [-0.2, -0.15) is 0 Å². The normalized spacial score (nSPS) is 16.4. The number of hydrogen-bond donors (Lipinski definition) is 1. The van der Waals surface area contributed by atoms with Crippen LogP contribution in [0, 0.1) is 13.8 Å². The molecule has 0 unspecified atom stereocenters. The molecule has 4 rings (SSSR count). The fourth-order valence-corrected chi connectivity index (χ4v) is 5.44. The first-order chi connectivity index (χ1) is 15.2. The summed E-state index contributed by atoms with van der Waals surface area (Å²) in [5, 5.41) is 11.4. The Morgan fingerprint density at radius 3 is 2.34 bits per heavy atom. The van der Waals surface area contributed by atoms with Gasteiger partial charge in [0.2, 0.25) is 16.9 Å². The minimum atomic E-state index is -3.76. The topological polar surface area (TPSA) is 109 Å². The zero-order valence-corrected chi connectivity index (χ0v) is 19.2. The van der Waals surface area contributed by atoms with Crippen molar-refractivity contribution in [2.45, 2.75) is 31.1 Å². The number of sulfone groups is 1. The number of hydrogen-bond acceptors (Lipinski definition) is 7. The largest absolute Gasteiger partial charge is 0.312 e. The van der Waals surface area contributed by atoms with Crippen LogP contribution in [-0.2, 0) is 19.4 Å². The lowest BCUT2D eigenvalue weighted by atomic mass is 10.1. The number of aromatic nitrogens is 2. The Balaban J connectivity index is 1.39. The van der Waals surface area contributed by atoms with Crippen LogP contribution >= 0.6 is 11.3 Å². The fourth-order valence-electron chi connectivity index (χ4n) is 3.45. The summed E-state index contributed by atoms with van der Waals surface area (Å²) in [6, 6.07) is 14.1. The van der Waals surface area contributed by atoms with Gasteiger partial charge in [0, 0.05) is 24.6 Å². The molecule has 1 fully saturated rings. The van der Waals surface area contributed by atoms with Gasteiger partial charge >= 0.3 is 0 Å². The molecule has 1 atom stereocenters. The number of carbonyl (C=O) groups excluding carboxylic acids is 2. The van der Waals surface area contributed by atoms with Gasteiger partial charge in [-0.15, -0.1) is 10.2 Å². The second kappa shape index (κ2) is 8.79. The first-order valence-electron chi connectivity index (χ1n) is 10.0. The molecule has 0 radical (unpaired) electrons. The lowest BCUT2D eigenvalue weighted by Crippen LogP contribution is -2.24. The van der Waals surface area contributed by atoms with E-state index >= 15 is 0 Å². The van der Waals surface area contributed by atoms with Gasteiger partial charge in [0.1, 0.15) is 10.8 Å². The van der Waals surface area contributed by atoms with Crippen molar-refractivity contribution in [1.29, 1.82) is 0 Å².